The van der Waals surface area contributed by atoms with Crippen LogP contribution in [-0.2, 0) is 9.53 Å². The Labute approximate surface area is 165 Å². The van der Waals surface area contributed by atoms with Gasteiger partial charge in [-0.25, -0.2) is 9.79 Å². The molecule has 2 aromatic rings. The molecule has 3 rings (SSSR count). The van der Waals surface area contributed by atoms with E-state index in [9.17, 15) is 4.79 Å². The SMILES string of the molecule is CCCOc1cc(/C=C2\N=C(c3cccc(I)c3)OC2=O)ccc1OC. The van der Waals surface area contributed by atoms with Crippen molar-refractivity contribution < 1.29 is 19.0 Å². The Balaban J connectivity index is 1.90. The average Bonchev–Trinajstić information content (AvgIpc) is 3.01. The zero-order valence-corrected chi connectivity index (χ0v) is 16.6. The third-order valence-electron chi connectivity index (χ3n) is 3.64. The lowest BCUT2D eigenvalue weighted by atomic mass is 10.1. The minimum Gasteiger partial charge on any atom is -0.493 e. The van der Waals surface area contributed by atoms with Crippen molar-refractivity contribution in [2.24, 2.45) is 4.99 Å². The summed E-state index contributed by atoms with van der Waals surface area (Å²) in [6.45, 7) is 2.63. The van der Waals surface area contributed by atoms with Gasteiger partial charge in [0.1, 0.15) is 0 Å². The monoisotopic (exact) mass is 463 g/mol. The van der Waals surface area contributed by atoms with E-state index in [1.165, 1.54) is 0 Å². The molecule has 0 saturated heterocycles. The van der Waals surface area contributed by atoms with Crippen molar-refractivity contribution >= 4 is 40.5 Å². The highest BCUT2D eigenvalue weighted by Crippen LogP contribution is 2.30. The van der Waals surface area contributed by atoms with Gasteiger partial charge in [-0.3, -0.25) is 0 Å². The number of halogens is 1. The van der Waals surface area contributed by atoms with Crippen LogP contribution in [0.1, 0.15) is 24.5 Å². The van der Waals surface area contributed by atoms with Crippen molar-refractivity contribution in [1.82, 2.24) is 0 Å². The molecule has 2 aromatic carbocycles. The lowest BCUT2D eigenvalue weighted by Gasteiger charge is -2.10. The van der Waals surface area contributed by atoms with E-state index in [1.54, 1.807) is 13.2 Å². The molecule has 0 bridgehead atoms. The highest BCUT2D eigenvalue weighted by Gasteiger charge is 2.24. The van der Waals surface area contributed by atoms with Gasteiger partial charge in [0.25, 0.3) is 0 Å². The maximum absolute atomic E-state index is 12.2. The highest BCUT2D eigenvalue weighted by atomic mass is 127. The van der Waals surface area contributed by atoms with Crippen LogP contribution in [0.5, 0.6) is 11.5 Å². The Bertz CT molecular complexity index is 889. The summed E-state index contributed by atoms with van der Waals surface area (Å²) in [5.41, 5.74) is 1.82. The lowest BCUT2D eigenvalue weighted by molar-refractivity contribution is -0.129. The molecule has 0 aliphatic carbocycles. The first kappa shape index (κ1) is 18.4. The highest BCUT2D eigenvalue weighted by molar-refractivity contribution is 14.1. The van der Waals surface area contributed by atoms with Crippen LogP contribution in [0.4, 0.5) is 0 Å². The number of esters is 1. The minimum absolute atomic E-state index is 0.255. The molecule has 134 valence electrons. The number of aliphatic imine (C=N–C) groups is 1. The van der Waals surface area contributed by atoms with E-state index in [-0.39, 0.29) is 5.70 Å². The number of ether oxygens (including phenoxy) is 3. The first-order valence-corrected chi connectivity index (χ1v) is 9.28. The second-order valence-corrected chi connectivity index (χ2v) is 6.85. The Morgan fingerprint density at radius 2 is 2.04 bits per heavy atom. The van der Waals surface area contributed by atoms with Crippen molar-refractivity contribution in [1.29, 1.82) is 0 Å². The van der Waals surface area contributed by atoms with Gasteiger partial charge in [-0.15, -0.1) is 0 Å². The molecule has 26 heavy (non-hydrogen) atoms. The zero-order valence-electron chi connectivity index (χ0n) is 14.5. The molecule has 0 aromatic heterocycles. The van der Waals surface area contributed by atoms with E-state index in [0.717, 1.165) is 21.1 Å². The van der Waals surface area contributed by atoms with Crippen LogP contribution in [0.15, 0.2) is 53.2 Å². The Kier molecular flexibility index (Phi) is 5.92. The quantitative estimate of drug-likeness (QED) is 0.361. The number of methoxy groups -OCH3 is 1. The summed E-state index contributed by atoms with van der Waals surface area (Å²) in [6.07, 6.45) is 2.58. The summed E-state index contributed by atoms with van der Waals surface area (Å²) in [5, 5.41) is 0. The third-order valence-corrected chi connectivity index (χ3v) is 4.32. The smallest absolute Gasteiger partial charge is 0.363 e. The standard InChI is InChI=1S/C20H18INO4/c1-3-9-25-18-11-13(7-8-17(18)24-2)10-16-20(23)26-19(22-16)14-5-4-6-15(21)12-14/h4-8,10-12H,3,9H2,1-2H3/b16-10-. The summed E-state index contributed by atoms with van der Waals surface area (Å²) < 4.78 is 17.4. The van der Waals surface area contributed by atoms with Crippen LogP contribution in [0.3, 0.4) is 0 Å². The Morgan fingerprint density at radius 3 is 2.77 bits per heavy atom. The number of carbonyl (C=O) groups is 1. The maximum atomic E-state index is 12.2. The van der Waals surface area contributed by atoms with Crippen LogP contribution in [0.2, 0.25) is 0 Å². The normalized spacial score (nSPS) is 15.0. The molecule has 6 heteroatoms. The third kappa shape index (κ3) is 4.24. The number of hydrogen-bond acceptors (Lipinski definition) is 5. The number of hydrogen-bond donors (Lipinski definition) is 0. The van der Waals surface area contributed by atoms with E-state index >= 15 is 0 Å². The largest absolute Gasteiger partial charge is 0.493 e. The topological polar surface area (TPSA) is 57.1 Å². The van der Waals surface area contributed by atoms with Gasteiger partial charge in [-0.05, 0) is 71.0 Å². The first-order chi connectivity index (χ1) is 12.6. The molecule has 0 saturated carbocycles. The van der Waals surface area contributed by atoms with Crippen LogP contribution in [0.25, 0.3) is 6.08 Å². The molecule has 0 radical (unpaired) electrons. The molecule has 1 aliphatic rings. The fraction of sp³-hybridized carbons (Fsp3) is 0.200. The summed E-state index contributed by atoms with van der Waals surface area (Å²) in [7, 11) is 1.60. The van der Waals surface area contributed by atoms with Crippen LogP contribution in [0, 0.1) is 3.57 Å². The number of rotatable bonds is 6. The van der Waals surface area contributed by atoms with Crippen molar-refractivity contribution in [3.8, 4) is 11.5 Å². The van der Waals surface area contributed by atoms with E-state index < -0.39 is 5.97 Å². The summed E-state index contributed by atoms with van der Waals surface area (Å²) in [4.78, 5) is 16.5. The summed E-state index contributed by atoms with van der Waals surface area (Å²) >= 11 is 2.21. The second-order valence-electron chi connectivity index (χ2n) is 5.61. The molecule has 1 heterocycles. The fourth-order valence-electron chi connectivity index (χ4n) is 2.42. The van der Waals surface area contributed by atoms with Crippen molar-refractivity contribution in [3.63, 3.8) is 0 Å². The number of carbonyl (C=O) groups excluding carboxylic acids is 1. The van der Waals surface area contributed by atoms with E-state index in [2.05, 4.69) is 27.6 Å². The Morgan fingerprint density at radius 1 is 1.19 bits per heavy atom. The summed E-state index contributed by atoms with van der Waals surface area (Å²) in [6, 6.07) is 13.1. The predicted octanol–water partition coefficient (Wildman–Crippen LogP) is 4.43. The number of nitrogens with zero attached hydrogens (tertiary/aromatic N) is 1. The van der Waals surface area contributed by atoms with Crippen LogP contribution in [-0.4, -0.2) is 25.6 Å². The van der Waals surface area contributed by atoms with Gasteiger partial charge in [-0.1, -0.05) is 19.1 Å². The maximum Gasteiger partial charge on any atom is 0.363 e. The van der Waals surface area contributed by atoms with Gasteiger partial charge in [0, 0.05) is 9.13 Å². The van der Waals surface area contributed by atoms with E-state index in [1.807, 2.05) is 49.4 Å². The molecule has 5 nitrogen and oxygen atoms in total. The van der Waals surface area contributed by atoms with Crippen molar-refractivity contribution in [2.75, 3.05) is 13.7 Å². The van der Waals surface area contributed by atoms with E-state index in [4.69, 9.17) is 14.2 Å². The molecule has 0 fully saturated rings. The molecule has 0 amide bonds. The van der Waals surface area contributed by atoms with Gasteiger partial charge in [0.05, 0.1) is 13.7 Å². The van der Waals surface area contributed by atoms with Gasteiger partial charge in [0.15, 0.2) is 17.2 Å². The van der Waals surface area contributed by atoms with Crippen molar-refractivity contribution in [2.45, 2.75) is 13.3 Å². The lowest BCUT2D eigenvalue weighted by Crippen LogP contribution is -2.05. The predicted molar refractivity (Wildman–Crippen MR) is 109 cm³/mol. The van der Waals surface area contributed by atoms with Gasteiger partial charge < -0.3 is 14.2 Å². The van der Waals surface area contributed by atoms with Crippen LogP contribution < -0.4 is 9.47 Å². The molecular weight excluding hydrogens is 445 g/mol. The molecule has 1 aliphatic heterocycles. The number of benzene rings is 2. The average molecular weight is 463 g/mol. The van der Waals surface area contributed by atoms with E-state index in [0.29, 0.717) is 24.0 Å². The summed E-state index contributed by atoms with van der Waals surface area (Å²) in [5.74, 6) is 1.14. The van der Waals surface area contributed by atoms with Gasteiger partial charge >= 0.3 is 5.97 Å². The van der Waals surface area contributed by atoms with Gasteiger partial charge in [-0.2, -0.15) is 0 Å². The molecular formula is C20H18INO4. The fourth-order valence-corrected chi connectivity index (χ4v) is 2.96. The molecule has 0 spiro atoms. The van der Waals surface area contributed by atoms with Crippen LogP contribution >= 0.6 is 22.6 Å². The molecule has 0 N–H and O–H groups in total. The zero-order chi connectivity index (χ0) is 18.5. The second kappa shape index (κ2) is 8.35. The van der Waals surface area contributed by atoms with Gasteiger partial charge in [0.2, 0.25) is 5.90 Å². The Hall–Kier alpha value is -2.35. The number of cyclic esters (lactones) is 1. The first-order valence-electron chi connectivity index (χ1n) is 8.20. The minimum atomic E-state index is -0.467. The molecule has 0 atom stereocenters. The van der Waals surface area contributed by atoms with Crippen molar-refractivity contribution in [3.05, 3.63) is 62.9 Å². The molecule has 0 unspecified atom stereocenters.